The van der Waals surface area contributed by atoms with Gasteiger partial charge in [0.15, 0.2) is 0 Å². The smallest absolute Gasteiger partial charge is 0.418 e. The van der Waals surface area contributed by atoms with Crippen molar-refractivity contribution in [2.75, 3.05) is 6.54 Å². The number of amides is 2. The lowest BCUT2D eigenvalue weighted by atomic mass is 10.2. The van der Waals surface area contributed by atoms with Crippen molar-refractivity contribution in [1.29, 1.82) is 0 Å². The van der Waals surface area contributed by atoms with E-state index in [0.717, 1.165) is 29.9 Å². The first kappa shape index (κ1) is 17.3. The third-order valence-corrected chi connectivity index (χ3v) is 5.14. The Labute approximate surface area is 150 Å². The molecule has 3 rings (SSSR count). The minimum absolute atomic E-state index is 0.0448. The lowest BCUT2D eigenvalue weighted by molar-refractivity contribution is -0.722. The van der Waals surface area contributed by atoms with Gasteiger partial charge in [0.2, 0.25) is 12.1 Å². The summed E-state index contributed by atoms with van der Waals surface area (Å²) in [5.74, 6) is 1.52. The molecule has 0 aliphatic carbocycles. The minimum atomic E-state index is -1.14. The van der Waals surface area contributed by atoms with E-state index >= 15 is 0 Å². The fourth-order valence-electron chi connectivity index (χ4n) is 2.82. The molecule has 2 aromatic carbocycles. The van der Waals surface area contributed by atoms with Gasteiger partial charge in [0.1, 0.15) is 18.0 Å². The SMILES string of the molecule is O=C(O)NS[N+]1(Cc2ccc(Oc3ccccc3)cc2)CCCC1=O. The van der Waals surface area contributed by atoms with E-state index in [1.165, 1.54) is 0 Å². The third kappa shape index (κ3) is 4.32. The van der Waals surface area contributed by atoms with Gasteiger partial charge in [-0.1, -0.05) is 18.2 Å². The lowest BCUT2D eigenvalue weighted by Gasteiger charge is -2.27. The number of ether oxygens (including phenoxy) is 1. The molecule has 0 spiro atoms. The number of hydrogen-bond acceptors (Lipinski definition) is 4. The highest BCUT2D eigenvalue weighted by atomic mass is 32.2. The highest BCUT2D eigenvalue weighted by Crippen LogP contribution is 2.33. The van der Waals surface area contributed by atoms with Crippen LogP contribution in [0.3, 0.4) is 0 Å². The molecule has 0 aromatic heterocycles. The summed E-state index contributed by atoms with van der Waals surface area (Å²) in [5, 5.41) is 8.85. The topological polar surface area (TPSA) is 75.6 Å². The number of rotatable bonds is 6. The zero-order valence-electron chi connectivity index (χ0n) is 13.6. The van der Waals surface area contributed by atoms with Crippen molar-refractivity contribution in [3.63, 3.8) is 0 Å². The number of nitrogens with one attached hydrogen (secondary N) is 1. The monoisotopic (exact) mass is 359 g/mol. The molecule has 1 unspecified atom stereocenters. The van der Waals surface area contributed by atoms with Gasteiger partial charge in [-0.2, -0.15) is 3.89 Å². The first-order chi connectivity index (χ1) is 12.1. The van der Waals surface area contributed by atoms with Crippen molar-refractivity contribution in [3.8, 4) is 11.5 Å². The molecule has 25 heavy (non-hydrogen) atoms. The Morgan fingerprint density at radius 1 is 1.12 bits per heavy atom. The molecule has 2 aromatic rings. The molecule has 1 aliphatic rings. The standard InChI is InChI=1S/C18H18N2O4S/c21-17-7-4-12-20(17,25-19-18(22)23)13-14-8-10-16(11-9-14)24-15-5-2-1-3-6-15/h1-3,5-6,8-11,19H,4,7,12-13H2/p+1. The molecule has 1 fully saturated rings. The van der Waals surface area contributed by atoms with Crippen LogP contribution in [0.1, 0.15) is 18.4 Å². The molecule has 1 atom stereocenters. The summed E-state index contributed by atoms with van der Waals surface area (Å²) in [6, 6.07) is 17.0. The van der Waals surface area contributed by atoms with Crippen molar-refractivity contribution < 1.29 is 23.3 Å². The third-order valence-electron chi connectivity index (χ3n) is 4.01. The Bertz CT molecular complexity index is 751. The first-order valence-electron chi connectivity index (χ1n) is 7.97. The van der Waals surface area contributed by atoms with Gasteiger partial charge < -0.3 is 9.84 Å². The largest absolute Gasteiger partial charge is 0.464 e. The molecular weight excluding hydrogens is 340 g/mol. The van der Waals surface area contributed by atoms with E-state index in [-0.39, 0.29) is 9.80 Å². The van der Waals surface area contributed by atoms with E-state index in [2.05, 4.69) is 4.72 Å². The molecular formula is C18H19N2O4S+. The summed E-state index contributed by atoms with van der Waals surface area (Å²) in [6.07, 6.45) is 0.0973. The average Bonchev–Trinajstić information content (AvgIpc) is 2.97. The second-order valence-corrected chi connectivity index (χ2v) is 6.91. The van der Waals surface area contributed by atoms with Crippen LogP contribution >= 0.6 is 12.1 Å². The van der Waals surface area contributed by atoms with Gasteiger partial charge in [-0.05, 0) is 36.4 Å². The maximum Gasteiger partial charge on any atom is 0.418 e. The summed E-state index contributed by atoms with van der Waals surface area (Å²) in [4.78, 5) is 23.1. The van der Waals surface area contributed by atoms with E-state index in [9.17, 15) is 9.59 Å². The molecule has 7 heteroatoms. The molecule has 2 amide bonds. The second-order valence-electron chi connectivity index (χ2n) is 5.83. The van der Waals surface area contributed by atoms with Crippen LogP contribution in [0.5, 0.6) is 11.5 Å². The number of para-hydroxylation sites is 1. The van der Waals surface area contributed by atoms with Gasteiger partial charge in [-0.15, -0.1) is 0 Å². The van der Waals surface area contributed by atoms with Crippen molar-refractivity contribution in [2.24, 2.45) is 0 Å². The normalized spacial score (nSPS) is 19.6. The summed E-state index contributed by atoms with van der Waals surface area (Å²) in [7, 11) is 0. The van der Waals surface area contributed by atoms with Crippen molar-refractivity contribution >= 4 is 24.1 Å². The number of benzene rings is 2. The lowest BCUT2D eigenvalue weighted by Crippen LogP contribution is -2.44. The Morgan fingerprint density at radius 3 is 2.40 bits per heavy atom. The van der Waals surface area contributed by atoms with Crippen LogP contribution in [0.4, 0.5) is 4.79 Å². The van der Waals surface area contributed by atoms with Gasteiger partial charge in [0.25, 0.3) is 0 Å². The highest BCUT2D eigenvalue weighted by molar-refractivity contribution is 7.92. The molecule has 1 saturated heterocycles. The number of carbonyl (C=O) groups is 2. The van der Waals surface area contributed by atoms with Crippen LogP contribution in [0.15, 0.2) is 54.6 Å². The van der Waals surface area contributed by atoms with E-state index < -0.39 is 6.09 Å². The average molecular weight is 359 g/mol. The molecule has 130 valence electrons. The molecule has 2 N–H and O–H groups in total. The van der Waals surface area contributed by atoms with E-state index in [0.29, 0.717) is 25.3 Å². The number of nitrogens with zero attached hydrogens (tertiary/aromatic N) is 1. The predicted octanol–water partition coefficient (Wildman–Crippen LogP) is 3.95. The summed E-state index contributed by atoms with van der Waals surface area (Å²) >= 11 is 0.957. The highest BCUT2D eigenvalue weighted by Gasteiger charge is 2.44. The number of hydrogen-bond donors (Lipinski definition) is 2. The number of likely N-dealkylation sites (tertiary alicyclic amines) is 1. The molecule has 0 saturated carbocycles. The number of carbonyl (C=O) groups excluding carboxylic acids is 1. The van der Waals surface area contributed by atoms with Gasteiger partial charge in [0.05, 0.1) is 13.0 Å². The Balaban J connectivity index is 1.70. The summed E-state index contributed by atoms with van der Waals surface area (Å²) in [6.45, 7) is 1.06. The number of quaternary nitrogens is 1. The summed E-state index contributed by atoms with van der Waals surface area (Å²) < 4.78 is 8.09. The van der Waals surface area contributed by atoms with E-state index in [4.69, 9.17) is 9.84 Å². The van der Waals surface area contributed by atoms with Gasteiger partial charge >= 0.3 is 12.0 Å². The molecule has 1 heterocycles. The van der Waals surface area contributed by atoms with Crippen LogP contribution in [-0.2, 0) is 11.3 Å². The zero-order valence-corrected chi connectivity index (χ0v) is 14.4. The molecule has 0 radical (unpaired) electrons. The van der Waals surface area contributed by atoms with Crippen LogP contribution in [0.25, 0.3) is 0 Å². The van der Waals surface area contributed by atoms with Crippen LogP contribution in [0, 0.1) is 0 Å². The number of carboxylic acid groups (broad SMARTS) is 1. The Morgan fingerprint density at radius 2 is 1.80 bits per heavy atom. The zero-order chi connectivity index (χ0) is 17.7. The van der Waals surface area contributed by atoms with Crippen molar-refractivity contribution in [1.82, 2.24) is 4.72 Å². The quantitative estimate of drug-likeness (QED) is 0.603. The van der Waals surface area contributed by atoms with Gasteiger partial charge in [0, 0.05) is 12.0 Å². The van der Waals surface area contributed by atoms with E-state index in [1.54, 1.807) is 0 Å². The van der Waals surface area contributed by atoms with Crippen LogP contribution < -0.4 is 9.46 Å². The fourth-order valence-corrected chi connectivity index (χ4v) is 3.70. The fraction of sp³-hybridized carbons (Fsp3) is 0.222. The van der Waals surface area contributed by atoms with Gasteiger partial charge in [-0.3, -0.25) is 0 Å². The van der Waals surface area contributed by atoms with Gasteiger partial charge in [-0.25, -0.2) is 14.3 Å². The van der Waals surface area contributed by atoms with Crippen LogP contribution in [0.2, 0.25) is 0 Å². The van der Waals surface area contributed by atoms with Crippen molar-refractivity contribution in [2.45, 2.75) is 19.4 Å². The molecule has 6 nitrogen and oxygen atoms in total. The maximum atomic E-state index is 12.3. The Hall–Kier alpha value is -2.51. The van der Waals surface area contributed by atoms with Crippen molar-refractivity contribution in [3.05, 3.63) is 60.2 Å². The molecule has 1 aliphatic heterocycles. The van der Waals surface area contributed by atoms with Crippen LogP contribution in [-0.4, -0.2) is 27.5 Å². The second kappa shape index (κ2) is 7.58. The van der Waals surface area contributed by atoms with E-state index in [1.807, 2.05) is 54.6 Å². The Kier molecular flexibility index (Phi) is 5.25. The molecule has 0 bridgehead atoms. The maximum absolute atomic E-state index is 12.3. The summed E-state index contributed by atoms with van der Waals surface area (Å²) in [5.41, 5.74) is 0.954. The minimum Gasteiger partial charge on any atom is -0.464 e. The first-order valence-corrected chi connectivity index (χ1v) is 8.75. The predicted molar refractivity (Wildman–Crippen MR) is 94.8 cm³/mol.